The normalized spacial score (nSPS) is 19.2. The number of aromatic nitrogens is 2. The zero-order valence-corrected chi connectivity index (χ0v) is 13.2. The molecule has 1 fully saturated rings. The maximum atomic E-state index is 5.18. The third-order valence-electron chi connectivity index (χ3n) is 3.98. The van der Waals surface area contributed by atoms with Gasteiger partial charge in [-0.1, -0.05) is 0 Å². The van der Waals surface area contributed by atoms with Gasteiger partial charge in [-0.05, 0) is 52.7 Å². The number of ether oxygens (including phenoxy) is 1. The molecule has 1 aliphatic heterocycles. The van der Waals surface area contributed by atoms with Crippen LogP contribution in [0.2, 0.25) is 0 Å². The molecule has 1 aromatic heterocycles. The highest BCUT2D eigenvalue weighted by Crippen LogP contribution is 2.21. The molecule has 0 spiro atoms. The summed E-state index contributed by atoms with van der Waals surface area (Å²) >= 11 is 0. The van der Waals surface area contributed by atoms with E-state index >= 15 is 0 Å². The van der Waals surface area contributed by atoms with Crippen molar-refractivity contribution in [3.05, 3.63) is 11.9 Å². The Hall–Kier alpha value is -1.07. The molecule has 0 radical (unpaired) electrons. The molecule has 5 nitrogen and oxygen atoms in total. The summed E-state index contributed by atoms with van der Waals surface area (Å²) in [6, 6.07) is 0.276. The van der Waals surface area contributed by atoms with Crippen molar-refractivity contribution in [1.82, 2.24) is 14.5 Å². The Labute approximate surface area is 122 Å². The number of imidazole rings is 1. The zero-order chi connectivity index (χ0) is 14.5. The van der Waals surface area contributed by atoms with Gasteiger partial charge in [0.2, 0.25) is 5.95 Å². The van der Waals surface area contributed by atoms with Gasteiger partial charge in [0.25, 0.3) is 0 Å². The lowest BCUT2D eigenvalue weighted by atomic mass is 9.97. The van der Waals surface area contributed by atoms with Crippen LogP contribution in [0.25, 0.3) is 0 Å². The Morgan fingerprint density at radius 3 is 2.80 bits per heavy atom. The molecule has 0 bridgehead atoms. The van der Waals surface area contributed by atoms with E-state index in [9.17, 15) is 0 Å². The van der Waals surface area contributed by atoms with Crippen molar-refractivity contribution in [2.45, 2.75) is 39.3 Å². The second-order valence-electron chi connectivity index (χ2n) is 6.11. The molecule has 0 saturated carbocycles. The number of nitrogens with one attached hydrogen (secondary N) is 1. The van der Waals surface area contributed by atoms with E-state index in [4.69, 9.17) is 4.74 Å². The minimum atomic E-state index is 0.276. The van der Waals surface area contributed by atoms with Crippen LogP contribution in [0.1, 0.15) is 25.5 Å². The Morgan fingerprint density at radius 1 is 1.45 bits per heavy atom. The number of nitrogens with zero attached hydrogens (tertiary/aromatic N) is 3. The quantitative estimate of drug-likeness (QED) is 0.865. The van der Waals surface area contributed by atoms with Gasteiger partial charge in [-0.2, -0.15) is 0 Å². The molecule has 1 aliphatic rings. The number of piperidine rings is 1. The standard InChI is InChI=1S/C15H28N4O/c1-12-9-19(10-14-5-7-18(3)8-6-14)15(16-12)17-13(2)11-20-4/h9,13-14H,5-8,10-11H2,1-4H3,(H,16,17). The van der Waals surface area contributed by atoms with Gasteiger partial charge in [0, 0.05) is 25.9 Å². The van der Waals surface area contributed by atoms with Crippen LogP contribution >= 0.6 is 0 Å². The molecule has 5 heteroatoms. The van der Waals surface area contributed by atoms with Crippen LogP contribution in [0.15, 0.2) is 6.20 Å². The molecule has 0 amide bonds. The van der Waals surface area contributed by atoms with E-state index in [-0.39, 0.29) is 6.04 Å². The summed E-state index contributed by atoms with van der Waals surface area (Å²) in [5.41, 5.74) is 1.07. The molecular formula is C15H28N4O. The van der Waals surface area contributed by atoms with Crippen LogP contribution in [-0.4, -0.2) is 54.3 Å². The van der Waals surface area contributed by atoms with Gasteiger partial charge in [0.15, 0.2) is 0 Å². The van der Waals surface area contributed by atoms with E-state index in [1.807, 2.05) is 0 Å². The number of methoxy groups -OCH3 is 1. The molecule has 1 atom stereocenters. The maximum Gasteiger partial charge on any atom is 0.203 e. The molecule has 0 aromatic carbocycles. The minimum absolute atomic E-state index is 0.276. The summed E-state index contributed by atoms with van der Waals surface area (Å²) in [6.45, 7) is 8.35. The topological polar surface area (TPSA) is 42.3 Å². The van der Waals surface area contributed by atoms with E-state index in [1.165, 1.54) is 25.9 Å². The molecular weight excluding hydrogens is 252 g/mol. The first-order valence-electron chi connectivity index (χ1n) is 7.56. The van der Waals surface area contributed by atoms with Crippen molar-refractivity contribution in [3.8, 4) is 0 Å². The monoisotopic (exact) mass is 280 g/mol. The van der Waals surface area contributed by atoms with E-state index in [0.717, 1.165) is 24.1 Å². The fourth-order valence-corrected chi connectivity index (χ4v) is 2.84. The first-order chi connectivity index (χ1) is 9.58. The van der Waals surface area contributed by atoms with Crippen LogP contribution in [0.5, 0.6) is 0 Å². The predicted molar refractivity (Wildman–Crippen MR) is 82.1 cm³/mol. The molecule has 2 rings (SSSR count). The lowest BCUT2D eigenvalue weighted by Gasteiger charge is -2.29. The average Bonchev–Trinajstić information content (AvgIpc) is 2.72. The van der Waals surface area contributed by atoms with Crippen molar-refractivity contribution >= 4 is 5.95 Å². The number of anilines is 1. The fraction of sp³-hybridized carbons (Fsp3) is 0.800. The summed E-state index contributed by atoms with van der Waals surface area (Å²) in [5.74, 6) is 1.74. The van der Waals surface area contributed by atoms with Crippen LogP contribution < -0.4 is 5.32 Å². The van der Waals surface area contributed by atoms with Gasteiger partial charge in [-0.25, -0.2) is 4.98 Å². The number of hydrogen-bond acceptors (Lipinski definition) is 4. The van der Waals surface area contributed by atoms with Gasteiger partial charge >= 0.3 is 0 Å². The minimum Gasteiger partial charge on any atom is -0.383 e. The van der Waals surface area contributed by atoms with Gasteiger partial charge < -0.3 is 19.5 Å². The maximum absolute atomic E-state index is 5.18. The second kappa shape index (κ2) is 7.09. The fourth-order valence-electron chi connectivity index (χ4n) is 2.84. The molecule has 1 N–H and O–H groups in total. The van der Waals surface area contributed by atoms with E-state index in [2.05, 4.69) is 46.9 Å². The van der Waals surface area contributed by atoms with E-state index in [1.54, 1.807) is 7.11 Å². The summed E-state index contributed by atoms with van der Waals surface area (Å²) in [7, 11) is 3.94. The van der Waals surface area contributed by atoms with E-state index < -0.39 is 0 Å². The lowest BCUT2D eigenvalue weighted by molar-refractivity contribution is 0.189. The van der Waals surface area contributed by atoms with Crippen molar-refractivity contribution in [3.63, 3.8) is 0 Å². The highest BCUT2D eigenvalue weighted by Gasteiger charge is 2.19. The molecule has 1 saturated heterocycles. The van der Waals surface area contributed by atoms with Gasteiger partial charge in [0.1, 0.15) is 0 Å². The van der Waals surface area contributed by atoms with Gasteiger partial charge in [-0.3, -0.25) is 0 Å². The van der Waals surface area contributed by atoms with Crippen molar-refractivity contribution in [2.75, 3.05) is 39.2 Å². The third-order valence-corrected chi connectivity index (χ3v) is 3.98. The molecule has 1 aromatic rings. The SMILES string of the molecule is COCC(C)Nc1nc(C)cn1CC1CCN(C)CC1. The number of likely N-dealkylation sites (tertiary alicyclic amines) is 1. The smallest absolute Gasteiger partial charge is 0.203 e. The zero-order valence-electron chi connectivity index (χ0n) is 13.2. The Balaban J connectivity index is 1.96. The van der Waals surface area contributed by atoms with Crippen molar-refractivity contribution < 1.29 is 4.74 Å². The highest BCUT2D eigenvalue weighted by molar-refractivity contribution is 5.30. The average molecular weight is 280 g/mol. The Kier molecular flexibility index (Phi) is 5.43. The van der Waals surface area contributed by atoms with Gasteiger partial charge in [0.05, 0.1) is 12.3 Å². The molecule has 1 unspecified atom stereocenters. The Bertz CT molecular complexity index is 410. The Morgan fingerprint density at radius 2 is 2.15 bits per heavy atom. The largest absolute Gasteiger partial charge is 0.383 e. The number of rotatable bonds is 6. The summed E-state index contributed by atoms with van der Waals surface area (Å²) in [5, 5.41) is 3.45. The first-order valence-corrected chi connectivity index (χ1v) is 7.56. The van der Waals surface area contributed by atoms with Crippen LogP contribution in [0.4, 0.5) is 5.95 Å². The molecule has 114 valence electrons. The second-order valence-corrected chi connectivity index (χ2v) is 6.11. The van der Waals surface area contributed by atoms with Crippen molar-refractivity contribution in [2.24, 2.45) is 5.92 Å². The summed E-state index contributed by atoms with van der Waals surface area (Å²) < 4.78 is 7.45. The number of hydrogen-bond donors (Lipinski definition) is 1. The van der Waals surface area contributed by atoms with Crippen LogP contribution in [0, 0.1) is 12.8 Å². The molecule has 0 aliphatic carbocycles. The number of aryl methyl sites for hydroxylation is 1. The third kappa shape index (κ3) is 4.21. The first kappa shape index (κ1) is 15.3. The van der Waals surface area contributed by atoms with Crippen LogP contribution in [-0.2, 0) is 11.3 Å². The van der Waals surface area contributed by atoms with Gasteiger partial charge in [-0.15, -0.1) is 0 Å². The lowest BCUT2D eigenvalue weighted by Crippen LogP contribution is -2.32. The molecule has 2 heterocycles. The summed E-state index contributed by atoms with van der Waals surface area (Å²) in [4.78, 5) is 7.01. The van der Waals surface area contributed by atoms with Crippen molar-refractivity contribution in [1.29, 1.82) is 0 Å². The van der Waals surface area contributed by atoms with E-state index in [0.29, 0.717) is 6.61 Å². The van der Waals surface area contributed by atoms with Crippen LogP contribution in [0.3, 0.4) is 0 Å². The predicted octanol–water partition coefficient (Wildman–Crippen LogP) is 1.98. The summed E-state index contributed by atoms with van der Waals surface area (Å²) in [6.07, 6.45) is 4.71. The highest BCUT2D eigenvalue weighted by atomic mass is 16.5. The molecule has 20 heavy (non-hydrogen) atoms.